The van der Waals surface area contributed by atoms with Crippen LogP contribution < -0.4 is 0 Å². The van der Waals surface area contributed by atoms with E-state index in [1.165, 1.54) is 51.4 Å². The average Bonchev–Trinajstić information content (AvgIpc) is 2.99. The van der Waals surface area contributed by atoms with Crippen LogP contribution in [0, 0.1) is 52.8 Å². The Morgan fingerprint density at radius 3 is 2.38 bits per heavy atom. The van der Waals surface area contributed by atoms with Gasteiger partial charge < -0.3 is 9.84 Å². The highest BCUT2D eigenvalue weighted by Crippen LogP contribution is 2.68. The van der Waals surface area contributed by atoms with Gasteiger partial charge in [0.2, 0.25) is 0 Å². The Kier molecular flexibility index (Phi) is 4.52. The predicted octanol–water partition coefficient (Wildman–Crippen LogP) is 5.04. The van der Waals surface area contributed by atoms with Crippen LogP contribution in [0.4, 0.5) is 0 Å². The van der Waals surface area contributed by atoms with Gasteiger partial charge in [-0.15, -0.1) is 6.42 Å². The maximum atomic E-state index is 10.9. The first-order valence-corrected chi connectivity index (χ1v) is 11.0. The number of terminal acetylenes is 1. The van der Waals surface area contributed by atoms with Crippen LogP contribution in [0.3, 0.4) is 0 Å². The molecule has 0 saturated heterocycles. The molecule has 4 aliphatic carbocycles. The lowest BCUT2D eigenvalue weighted by atomic mass is 9.44. The van der Waals surface area contributed by atoms with Crippen molar-refractivity contribution >= 4 is 0 Å². The Morgan fingerprint density at radius 1 is 1.00 bits per heavy atom. The predicted molar refractivity (Wildman–Crippen MR) is 105 cm³/mol. The number of hydrogen-bond acceptors (Lipinski definition) is 2. The van der Waals surface area contributed by atoms with Crippen molar-refractivity contribution in [2.75, 3.05) is 7.11 Å². The Labute approximate surface area is 160 Å². The lowest BCUT2D eigenvalue weighted by Crippen LogP contribution is -2.55. The van der Waals surface area contributed by atoms with E-state index in [4.69, 9.17) is 11.2 Å². The van der Waals surface area contributed by atoms with E-state index in [-0.39, 0.29) is 11.3 Å². The van der Waals surface area contributed by atoms with Crippen molar-refractivity contribution in [3.05, 3.63) is 0 Å². The van der Waals surface area contributed by atoms with Crippen molar-refractivity contribution in [1.82, 2.24) is 0 Å². The average molecular weight is 359 g/mol. The molecule has 26 heavy (non-hydrogen) atoms. The van der Waals surface area contributed by atoms with Crippen LogP contribution in [0.25, 0.3) is 0 Å². The number of aliphatic hydroxyl groups is 1. The van der Waals surface area contributed by atoms with Crippen LogP contribution in [0.2, 0.25) is 0 Å². The van der Waals surface area contributed by atoms with Gasteiger partial charge in [0, 0.05) is 13.0 Å². The fourth-order valence-electron chi connectivity index (χ4n) is 8.46. The molecule has 4 rings (SSSR count). The molecule has 0 amide bonds. The van der Waals surface area contributed by atoms with Crippen molar-refractivity contribution in [2.24, 2.45) is 40.4 Å². The third kappa shape index (κ3) is 2.53. The highest BCUT2D eigenvalue weighted by atomic mass is 16.5. The maximum Gasteiger partial charge on any atom is 0.125 e. The van der Waals surface area contributed by atoms with Gasteiger partial charge in [-0.1, -0.05) is 19.8 Å². The lowest BCUT2D eigenvalue weighted by molar-refractivity contribution is -0.139. The van der Waals surface area contributed by atoms with Crippen molar-refractivity contribution in [3.8, 4) is 12.3 Å². The van der Waals surface area contributed by atoms with Gasteiger partial charge >= 0.3 is 0 Å². The Balaban J connectivity index is 1.59. The fraction of sp³-hybridized carbons (Fsp3) is 0.917. The normalized spacial score (nSPS) is 52.9. The van der Waals surface area contributed by atoms with Crippen LogP contribution in [0.1, 0.15) is 78.6 Å². The van der Waals surface area contributed by atoms with Crippen LogP contribution in [-0.4, -0.2) is 23.9 Å². The highest BCUT2D eigenvalue weighted by molar-refractivity contribution is 5.17. The fourth-order valence-corrected chi connectivity index (χ4v) is 8.46. The summed E-state index contributed by atoms with van der Waals surface area (Å²) in [5.41, 5.74) is -0.218. The highest BCUT2D eigenvalue weighted by Gasteiger charge is 2.62. The van der Waals surface area contributed by atoms with E-state index < -0.39 is 5.60 Å². The molecule has 2 heteroatoms. The third-order valence-electron chi connectivity index (χ3n) is 9.92. The summed E-state index contributed by atoms with van der Waals surface area (Å²) in [6.07, 6.45) is 17.8. The first-order chi connectivity index (χ1) is 12.3. The molecule has 0 bridgehead atoms. The summed E-state index contributed by atoms with van der Waals surface area (Å²) in [5, 5.41) is 10.9. The van der Waals surface area contributed by atoms with Crippen LogP contribution in [0.15, 0.2) is 0 Å². The molecule has 0 radical (unpaired) electrons. The number of hydrogen-bond donors (Lipinski definition) is 1. The van der Waals surface area contributed by atoms with E-state index >= 15 is 0 Å². The first kappa shape index (κ1) is 18.8. The molecular weight excluding hydrogens is 320 g/mol. The molecule has 4 saturated carbocycles. The first-order valence-electron chi connectivity index (χ1n) is 11.0. The summed E-state index contributed by atoms with van der Waals surface area (Å²) in [4.78, 5) is 0. The minimum atomic E-state index is -0.950. The lowest BCUT2D eigenvalue weighted by Gasteiger charge is -2.61. The molecule has 2 nitrogen and oxygen atoms in total. The summed E-state index contributed by atoms with van der Waals surface area (Å²) in [6.45, 7) is 6.93. The summed E-state index contributed by atoms with van der Waals surface area (Å²) in [5.74, 6) is 6.29. The zero-order valence-corrected chi connectivity index (χ0v) is 17.3. The second-order valence-corrected chi connectivity index (χ2v) is 10.8. The van der Waals surface area contributed by atoms with Gasteiger partial charge in [0.25, 0.3) is 0 Å². The number of methoxy groups -OCH3 is 1. The second-order valence-electron chi connectivity index (χ2n) is 10.8. The van der Waals surface area contributed by atoms with Crippen molar-refractivity contribution in [3.63, 3.8) is 0 Å². The smallest absolute Gasteiger partial charge is 0.125 e. The SMILES string of the molecule is C#CC(C)(O)[C@H]1CCC2C3CC[C@H]4C[C@@H](OC)CC[C@]4(C)C3CC[C@@]21C. The second kappa shape index (κ2) is 6.25. The molecule has 9 atom stereocenters. The summed E-state index contributed by atoms with van der Waals surface area (Å²) in [7, 11) is 1.89. The number of fused-ring (bicyclic) bond motifs is 5. The van der Waals surface area contributed by atoms with Gasteiger partial charge in [-0.05, 0) is 99.2 Å². The molecule has 0 spiro atoms. The van der Waals surface area contributed by atoms with Crippen LogP contribution in [0.5, 0.6) is 0 Å². The molecule has 0 heterocycles. The van der Waals surface area contributed by atoms with E-state index in [0.29, 0.717) is 11.5 Å². The zero-order valence-electron chi connectivity index (χ0n) is 17.3. The molecule has 4 unspecified atom stereocenters. The van der Waals surface area contributed by atoms with Crippen molar-refractivity contribution in [1.29, 1.82) is 0 Å². The van der Waals surface area contributed by atoms with E-state index in [1.54, 1.807) is 0 Å². The van der Waals surface area contributed by atoms with E-state index in [1.807, 2.05) is 14.0 Å². The molecule has 146 valence electrons. The molecular formula is C24H38O2. The van der Waals surface area contributed by atoms with Crippen LogP contribution >= 0.6 is 0 Å². The summed E-state index contributed by atoms with van der Waals surface area (Å²) < 4.78 is 5.72. The Hall–Kier alpha value is -0.520. The van der Waals surface area contributed by atoms with Crippen molar-refractivity contribution in [2.45, 2.75) is 90.3 Å². The summed E-state index contributed by atoms with van der Waals surface area (Å²) in [6, 6.07) is 0. The molecule has 0 aliphatic heterocycles. The van der Waals surface area contributed by atoms with Gasteiger partial charge in [0.05, 0.1) is 6.10 Å². The zero-order chi connectivity index (χ0) is 18.7. The molecule has 0 aromatic heterocycles. The Morgan fingerprint density at radius 2 is 1.69 bits per heavy atom. The third-order valence-corrected chi connectivity index (χ3v) is 9.92. The Bertz CT molecular complexity index is 590. The minimum absolute atomic E-state index is 0.226. The standard InChI is InChI=1S/C24H38O2/c1-6-24(4,25)21-10-9-19-18-8-7-16-15-17(26-5)11-13-22(16,2)20(18)12-14-23(19,21)3/h1,16-21,25H,7-15H2,2-5H3/t16-,17-,18?,19?,20?,21-,22-,23-,24?/m0/s1. The monoisotopic (exact) mass is 358 g/mol. The number of ether oxygens (including phenoxy) is 1. The van der Waals surface area contributed by atoms with E-state index in [2.05, 4.69) is 19.8 Å². The maximum absolute atomic E-state index is 10.9. The van der Waals surface area contributed by atoms with Gasteiger partial charge in [-0.2, -0.15) is 0 Å². The minimum Gasteiger partial charge on any atom is -0.381 e. The van der Waals surface area contributed by atoms with Gasteiger partial charge in [0.15, 0.2) is 0 Å². The van der Waals surface area contributed by atoms with Gasteiger partial charge in [-0.25, -0.2) is 0 Å². The van der Waals surface area contributed by atoms with Crippen molar-refractivity contribution < 1.29 is 9.84 Å². The molecule has 1 N–H and O–H groups in total. The van der Waals surface area contributed by atoms with Gasteiger partial charge in [-0.3, -0.25) is 0 Å². The topological polar surface area (TPSA) is 29.5 Å². The van der Waals surface area contributed by atoms with E-state index in [9.17, 15) is 5.11 Å². The largest absolute Gasteiger partial charge is 0.381 e. The quantitative estimate of drug-likeness (QED) is 0.700. The van der Waals surface area contributed by atoms with Crippen LogP contribution in [-0.2, 0) is 4.74 Å². The van der Waals surface area contributed by atoms with Gasteiger partial charge in [0.1, 0.15) is 5.60 Å². The number of rotatable bonds is 2. The molecule has 4 aliphatic rings. The molecule has 0 aromatic rings. The molecule has 4 fully saturated rings. The summed E-state index contributed by atoms with van der Waals surface area (Å²) >= 11 is 0. The molecule has 0 aromatic carbocycles. The van der Waals surface area contributed by atoms with E-state index in [0.717, 1.165) is 30.1 Å².